The first-order valence-electron chi connectivity index (χ1n) is 4.25. The van der Waals surface area contributed by atoms with Crippen LogP contribution in [0.1, 0.15) is 6.92 Å². The Morgan fingerprint density at radius 3 is 2.36 bits per heavy atom. The van der Waals surface area contributed by atoms with E-state index in [4.69, 9.17) is 11.6 Å². The van der Waals surface area contributed by atoms with Gasteiger partial charge < -0.3 is 5.32 Å². The Morgan fingerprint density at radius 1 is 1.29 bits per heavy atom. The van der Waals surface area contributed by atoms with E-state index in [0.717, 1.165) is 0 Å². The van der Waals surface area contributed by atoms with Crippen molar-refractivity contribution in [2.45, 2.75) is 11.8 Å². The van der Waals surface area contributed by atoms with E-state index >= 15 is 0 Å². The molecule has 0 fully saturated rings. The first-order valence-corrected chi connectivity index (χ1v) is 6.28. The summed E-state index contributed by atoms with van der Waals surface area (Å²) in [6, 6.07) is 6.16. The highest BCUT2D eigenvalue weighted by Crippen LogP contribution is 2.14. The van der Waals surface area contributed by atoms with Crippen molar-refractivity contribution in [2.24, 2.45) is 0 Å². The molecule has 0 saturated carbocycles. The van der Waals surface area contributed by atoms with Gasteiger partial charge in [0.15, 0.2) is 9.84 Å². The van der Waals surface area contributed by atoms with Crippen LogP contribution in [0.25, 0.3) is 0 Å². The lowest BCUT2D eigenvalue weighted by Crippen LogP contribution is -2.22. The van der Waals surface area contributed by atoms with Crippen LogP contribution in [0.4, 0.5) is 0 Å². The van der Waals surface area contributed by atoms with E-state index < -0.39 is 9.84 Å². The maximum absolute atomic E-state index is 11.6. The van der Waals surface area contributed by atoms with E-state index in [1.165, 1.54) is 12.1 Å². The van der Waals surface area contributed by atoms with Gasteiger partial charge in [0.1, 0.15) is 5.88 Å². The van der Waals surface area contributed by atoms with Crippen molar-refractivity contribution in [3.05, 3.63) is 29.3 Å². The molecule has 0 atom stereocenters. The Morgan fingerprint density at radius 2 is 1.86 bits per heavy atom. The van der Waals surface area contributed by atoms with Crippen LogP contribution < -0.4 is 5.32 Å². The van der Waals surface area contributed by atoms with Crippen molar-refractivity contribution in [1.29, 1.82) is 0 Å². The summed E-state index contributed by atoms with van der Waals surface area (Å²) in [7, 11) is -3.21. The van der Waals surface area contributed by atoms with Crippen LogP contribution >= 0.6 is 11.6 Å². The van der Waals surface area contributed by atoms with Crippen LogP contribution in [0.3, 0.4) is 0 Å². The Bertz CT molecular complexity index is 386. The molecule has 1 rings (SSSR count). The van der Waals surface area contributed by atoms with E-state index in [2.05, 4.69) is 5.32 Å². The third-order valence-corrected chi connectivity index (χ3v) is 3.54. The Kier molecular flexibility index (Phi) is 3.92. The highest BCUT2D eigenvalue weighted by atomic mass is 35.5. The molecule has 0 unspecified atom stereocenters. The lowest BCUT2D eigenvalue weighted by Gasteiger charge is -2.04. The predicted molar refractivity (Wildman–Crippen MR) is 57.2 cm³/mol. The molecule has 1 aromatic carbocycles. The first kappa shape index (κ1) is 11.5. The van der Waals surface area contributed by atoms with Gasteiger partial charge in [0.05, 0.1) is 4.90 Å². The summed E-state index contributed by atoms with van der Waals surface area (Å²) in [5, 5.41) is 3.32. The van der Waals surface area contributed by atoms with Crippen LogP contribution in [0, 0.1) is 0 Å². The molecule has 5 heteroatoms. The second-order valence-electron chi connectivity index (χ2n) is 2.82. The molecule has 0 bridgehead atoms. The average molecular weight is 234 g/mol. The van der Waals surface area contributed by atoms with Crippen LogP contribution in [0.5, 0.6) is 0 Å². The Labute approximate surface area is 89.0 Å². The molecule has 1 N–H and O–H groups in total. The van der Waals surface area contributed by atoms with Crippen molar-refractivity contribution in [3.8, 4) is 0 Å². The minimum absolute atomic E-state index is 0.0366. The maximum Gasteiger partial charge on any atom is 0.191 e. The molecule has 0 aromatic heterocycles. The number of rotatable bonds is 4. The lowest BCUT2D eigenvalue weighted by atomic mass is 10.4. The molecule has 0 aliphatic carbocycles. The van der Waals surface area contributed by atoms with Crippen molar-refractivity contribution in [2.75, 3.05) is 12.4 Å². The van der Waals surface area contributed by atoms with E-state index in [1.807, 2.05) is 6.92 Å². The lowest BCUT2D eigenvalue weighted by molar-refractivity contribution is 0.588. The summed E-state index contributed by atoms with van der Waals surface area (Å²) >= 11 is 5.66. The summed E-state index contributed by atoms with van der Waals surface area (Å²) in [5.74, 6) is -0.0366. The monoisotopic (exact) mass is 233 g/mol. The zero-order chi connectivity index (χ0) is 10.6. The molecule has 3 nitrogen and oxygen atoms in total. The molecular weight excluding hydrogens is 222 g/mol. The zero-order valence-electron chi connectivity index (χ0n) is 7.83. The minimum atomic E-state index is -3.21. The smallest absolute Gasteiger partial charge is 0.191 e. The predicted octanol–water partition coefficient (Wildman–Crippen LogP) is 1.68. The topological polar surface area (TPSA) is 46.2 Å². The van der Waals surface area contributed by atoms with E-state index in [0.29, 0.717) is 16.5 Å². The van der Waals surface area contributed by atoms with Gasteiger partial charge in [0.2, 0.25) is 0 Å². The fraction of sp³-hybridized carbons (Fsp3) is 0.333. The molecule has 78 valence electrons. The standard InChI is InChI=1S/C9H12ClNO2S/c1-2-11-7-14(12,13)9-5-3-8(10)4-6-9/h3-6,11H,2,7H2,1H3. The summed E-state index contributed by atoms with van der Waals surface area (Å²) in [5.41, 5.74) is 0. The summed E-state index contributed by atoms with van der Waals surface area (Å²) in [6.45, 7) is 2.49. The van der Waals surface area contributed by atoms with Gasteiger partial charge >= 0.3 is 0 Å². The molecule has 1 aromatic rings. The van der Waals surface area contributed by atoms with Gasteiger partial charge in [-0.05, 0) is 30.8 Å². The van der Waals surface area contributed by atoms with E-state index in [-0.39, 0.29) is 5.88 Å². The molecule has 0 aliphatic heterocycles. The summed E-state index contributed by atoms with van der Waals surface area (Å²) < 4.78 is 23.2. The van der Waals surface area contributed by atoms with Gasteiger partial charge in [-0.3, -0.25) is 0 Å². The van der Waals surface area contributed by atoms with E-state index in [9.17, 15) is 8.42 Å². The van der Waals surface area contributed by atoms with Crippen LogP contribution in [0.15, 0.2) is 29.2 Å². The third kappa shape index (κ3) is 2.97. The number of nitrogens with one attached hydrogen (secondary N) is 1. The maximum atomic E-state index is 11.6. The van der Waals surface area contributed by atoms with Crippen LogP contribution in [-0.4, -0.2) is 20.8 Å². The second kappa shape index (κ2) is 4.77. The molecule has 0 amide bonds. The Hall–Kier alpha value is -0.580. The van der Waals surface area contributed by atoms with Crippen molar-refractivity contribution in [1.82, 2.24) is 5.32 Å². The quantitative estimate of drug-likeness (QED) is 0.861. The first-order chi connectivity index (χ1) is 6.56. The van der Waals surface area contributed by atoms with Crippen molar-refractivity contribution in [3.63, 3.8) is 0 Å². The second-order valence-corrected chi connectivity index (χ2v) is 5.24. The zero-order valence-corrected chi connectivity index (χ0v) is 9.40. The number of halogens is 1. The molecular formula is C9H12ClNO2S. The largest absolute Gasteiger partial charge is 0.304 e. The molecule has 0 saturated heterocycles. The molecule has 0 spiro atoms. The van der Waals surface area contributed by atoms with Crippen LogP contribution in [-0.2, 0) is 9.84 Å². The van der Waals surface area contributed by atoms with Gasteiger partial charge in [-0.15, -0.1) is 0 Å². The number of hydrogen-bond acceptors (Lipinski definition) is 3. The van der Waals surface area contributed by atoms with Gasteiger partial charge in [-0.1, -0.05) is 18.5 Å². The normalized spacial score (nSPS) is 11.6. The van der Waals surface area contributed by atoms with E-state index in [1.54, 1.807) is 12.1 Å². The molecule has 0 radical (unpaired) electrons. The minimum Gasteiger partial charge on any atom is -0.304 e. The fourth-order valence-corrected chi connectivity index (χ4v) is 2.28. The summed E-state index contributed by atoms with van der Waals surface area (Å²) in [6.07, 6.45) is 0. The fourth-order valence-electron chi connectivity index (χ4n) is 0.962. The van der Waals surface area contributed by atoms with Gasteiger partial charge in [0.25, 0.3) is 0 Å². The highest BCUT2D eigenvalue weighted by Gasteiger charge is 2.12. The average Bonchev–Trinajstić information content (AvgIpc) is 2.16. The highest BCUT2D eigenvalue weighted by molar-refractivity contribution is 7.91. The number of sulfone groups is 1. The molecule has 14 heavy (non-hydrogen) atoms. The third-order valence-electron chi connectivity index (χ3n) is 1.71. The SMILES string of the molecule is CCNCS(=O)(=O)c1ccc(Cl)cc1. The molecule has 0 heterocycles. The van der Waals surface area contributed by atoms with Crippen molar-refractivity contribution >= 4 is 21.4 Å². The van der Waals surface area contributed by atoms with Gasteiger partial charge in [-0.2, -0.15) is 0 Å². The van der Waals surface area contributed by atoms with Gasteiger partial charge in [-0.25, -0.2) is 8.42 Å². The number of hydrogen-bond donors (Lipinski definition) is 1. The summed E-state index contributed by atoms with van der Waals surface area (Å²) in [4.78, 5) is 0.294. The van der Waals surface area contributed by atoms with Gasteiger partial charge in [0, 0.05) is 5.02 Å². The number of benzene rings is 1. The van der Waals surface area contributed by atoms with Crippen molar-refractivity contribution < 1.29 is 8.42 Å². The van der Waals surface area contributed by atoms with Crippen LogP contribution in [0.2, 0.25) is 5.02 Å². The Balaban J connectivity index is 2.87. The molecule has 0 aliphatic rings.